The number of halogens is 2. The molecule has 0 spiro atoms. The van der Waals surface area contributed by atoms with Crippen LogP contribution in [0.3, 0.4) is 0 Å². The lowest BCUT2D eigenvalue weighted by Gasteiger charge is -2.33. The van der Waals surface area contributed by atoms with Crippen molar-refractivity contribution in [3.63, 3.8) is 0 Å². The van der Waals surface area contributed by atoms with Crippen LogP contribution in [-0.2, 0) is 0 Å². The van der Waals surface area contributed by atoms with Gasteiger partial charge in [-0.1, -0.05) is 23.2 Å². The number of hydrogen-bond donors (Lipinski definition) is 1. The van der Waals surface area contributed by atoms with Crippen molar-refractivity contribution in [3.05, 3.63) is 28.2 Å². The number of aliphatic hydroxyl groups is 1. The van der Waals surface area contributed by atoms with Gasteiger partial charge in [0.15, 0.2) is 0 Å². The number of aliphatic hydroxyl groups excluding tert-OH is 1. The van der Waals surface area contributed by atoms with E-state index in [0.717, 1.165) is 31.6 Å². The summed E-state index contributed by atoms with van der Waals surface area (Å²) < 4.78 is 0. The highest BCUT2D eigenvalue weighted by Crippen LogP contribution is 2.28. The second-order valence-corrected chi connectivity index (χ2v) is 5.11. The number of hydrogen-bond acceptors (Lipinski definition) is 2. The first-order valence-electron chi connectivity index (χ1n) is 5.51. The minimum Gasteiger partial charge on any atom is -0.396 e. The van der Waals surface area contributed by atoms with Crippen molar-refractivity contribution in [2.45, 2.75) is 12.8 Å². The molecule has 1 heterocycles. The summed E-state index contributed by atoms with van der Waals surface area (Å²) in [6.07, 6.45) is 2.06. The van der Waals surface area contributed by atoms with Crippen LogP contribution in [0.2, 0.25) is 10.0 Å². The maximum absolute atomic E-state index is 9.08. The van der Waals surface area contributed by atoms with Gasteiger partial charge in [-0.25, -0.2) is 0 Å². The standard InChI is InChI=1S/C12H15Cl2NO/c13-10-5-11(14)7-12(6-10)15-3-1-9(8-16)2-4-15/h5-7,9,16H,1-4,8H2. The number of rotatable bonds is 2. The van der Waals surface area contributed by atoms with Gasteiger partial charge in [0.25, 0.3) is 0 Å². The summed E-state index contributed by atoms with van der Waals surface area (Å²) in [7, 11) is 0. The molecule has 1 aliphatic heterocycles. The van der Waals surface area contributed by atoms with Crippen molar-refractivity contribution in [1.29, 1.82) is 0 Å². The van der Waals surface area contributed by atoms with Gasteiger partial charge in [0.2, 0.25) is 0 Å². The Morgan fingerprint density at radius 3 is 2.19 bits per heavy atom. The summed E-state index contributed by atoms with van der Waals surface area (Å²) >= 11 is 11.9. The maximum atomic E-state index is 9.08. The van der Waals surface area contributed by atoms with Crippen LogP contribution in [0.5, 0.6) is 0 Å². The van der Waals surface area contributed by atoms with E-state index in [0.29, 0.717) is 22.6 Å². The summed E-state index contributed by atoms with van der Waals surface area (Å²) in [6, 6.07) is 5.62. The van der Waals surface area contributed by atoms with E-state index in [4.69, 9.17) is 28.3 Å². The highest BCUT2D eigenvalue weighted by molar-refractivity contribution is 6.35. The molecule has 0 aliphatic carbocycles. The maximum Gasteiger partial charge on any atom is 0.0460 e. The molecule has 1 aromatic rings. The molecule has 1 aromatic carbocycles. The number of benzene rings is 1. The van der Waals surface area contributed by atoms with Crippen molar-refractivity contribution in [2.75, 3.05) is 24.6 Å². The van der Waals surface area contributed by atoms with Crippen molar-refractivity contribution in [3.8, 4) is 0 Å². The van der Waals surface area contributed by atoms with E-state index in [2.05, 4.69) is 4.90 Å². The Kier molecular flexibility index (Phi) is 3.95. The average Bonchev–Trinajstić information content (AvgIpc) is 2.28. The first-order valence-corrected chi connectivity index (χ1v) is 6.26. The van der Waals surface area contributed by atoms with Gasteiger partial charge in [0.1, 0.15) is 0 Å². The zero-order chi connectivity index (χ0) is 11.5. The van der Waals surface area contributed by atoms with Gasteiger partial charge < -0.3 is 10.0 Å². The van der Waals surface area contributed by atoms with Gasteiger partial charge in [0, 0.05) is 35.4 Å². The molecule has 0 saturated carbocycles. The SMILES string of the molecule is OCC1CCN(c2cc(Cl)cc(Cl)c2)CC1. The van der Waals surface area contributed by atoms with Crippen LogP contribution in [0, 0.1) is 5.92 Å². The summed E-state index contributed by atoms with van der Waals surface area (Å²) in [4.78, 5) is 2.27. The Bertz CT molecular complexity index is 342. The third kappa shape index (κ3) is 2.82. The van der Waals surface area contributed by atoms with E-state index >= 15 is 0 Å². The van der Waals surface area contributed by atoms with Gasteiger partial charge in [-0.3, -0.25) is 0 Å². The molecule has 2 rings (SSSR count). The molecule has 1 saturated heterocycles. The molecule has 88 valence electrons. The first-order chi connectivity index (χ1) is 7.69. The van der Waals surface area contributed by atoms with E-state index in [9.17, 15) is 0 Å². The van der Waals surface area contributed by atoms with Crippen molar-refractivity contribution < 1.29 is 5.11 Å². The summed E-state index contributed by atoms with van der Waals surface area (Å²) in [5.74, 6) is 0.450. The molecule has 0 atom stereocenters. The largest absolute Gasteiger partial charge is 0.396 e. The molecule has 1 aliphatic rings. The number of piperidine rings is 1. The molecule has 0 radical (unpaired) electrons. The van der Waals surface area contributed by atoms with Gasteiger partial charge in [-0.2, -0.15) is 0 Å². The first kappa shape index (κ1) is 12.0. The van der Waals surface area contributed by atoms with Crippen molar-refractivity contribution >= 4 is 28.9 Å². The van der Waals surface area contributed by atoms with Gasteiger partial charge in [-0.05, 0) is 37.0 Å². The molecule has 0 aromatic heterocycles. The molecular formula is C12H15Cl2NO. The Morgan fingerprint density at radius 1 is 1.12 bits per heavy atom. The fourth-order valence-corrected chi connectivity index (χ4v) is 2.61. The lowest BCUT2D eigenvalue weighted by Crippen LogP contribution is -2.34. The predicted molar refractivity (Wildman–Crippen MR) is 68.5 cm³/mol. The zero-order valence-electron chi connectivity index (χ0n) is 9.00. The summed E-state index contributed by atoms with van der Waals surface area (Å²) in [6.45, 7) is 2.22. The molecule has 0 bridgehead atoms. The lowest BCUT2D eigenvalue weighted by atomic mass is 9.97. The van der Waals surface area contributed by atoms with Crippen LogP contribution >= 0.6 is 23.2 Å². The van der Waals surface area contributed by atoms with Crippen LogP contribution < -0.4 is 4.90 Å². The second kappa shape index (κ2) is 5.26. The summed E-state index contributed by atoms with van der Waals surface area (Å²) in [5, 5.41) is 10.4. The Morgan fingerprint density at radius 2 is 1.69 bits per heavy atom. The fraction of sp³-hybridized carbons (Fsp3) is 0.500. The Balaban J connectivity index is 2.08. The quantitative estimate of drug-likeness (QED) is 0.882. The highest BCUT2D eigenvalue weighted by Gasteiger charge is 2.19. The molecule has 2 nitrogen and oxygen atoms in total. The molecule has 1 fully saturated rings. The normalized spacial score (nSPS) is 17.8. The molecular weight excluding hydrogens is 245 g/mol. The monoisotopic (exact) mass is 259 g/mol. The van der Waals surface area contributed by atoms with Gasteiger partial charge in [0.05, 0.1) is 0 Å². The second-order valence-electron chi connectivity index (χ2n) is 4.24. The van der Waals surface area contributed by atoms with Crippen LogP contribution in [0.4, 0.5) is 5.69 Å². The van der Waals surface area contributed by atoms with Crippen LogP contribution in [0.1, 0.15) is 12.8 Å². The summed E-state index contributed by atoms with van der Waals surface area (Å²) in [5.41, 5.74) is 1.08. The highest BCUT2D eigenvalue weighted by atomic mass is 35.5. The smallest absolute Gasteiger partial charge is 0.0460 e. The third-order valence-corrected chi connectivity index (χ3v) is 3.52. The van der Waals surface area contributed by atoms with E-state index in [1.54, 1.807) is 6.07 Å². The third-order valence-electron chi connectivity index (χ3n) is 3.09. The molecule has 0 amide bonds. The van der Waals surface area contributed by atoms with E-state index in [1.165, 1.54) is 0 Å². The van der Waals surface area contributed by atoms with Gasteiger partial charge >= 0.3 is 0 Å². The van der Waals surface area contributed by atoms with E-state index in [-0.39, 0.29) is 0 Å². The van der Waals surface area contributed by atoms with Crippen molar-refractivity contribution in [1.82, 2.24) is 0 Å². The Hall–Kier alpha value is -0.440. The predicted octanol–water partition coefficient (Wildman–Crippen LogP) is 3.20. The fourth-order valence-electron chi connectivity index (χ4n) is 2.10. The van der Waals surface area contributed by atoms with Crippen molar-refractivity contribution in [2.24, 2.45) is 5.92 Å². The number of anilines is 1. The molecule has 1 N–H and O–H groups in total. The zero-order valence-corrected chi connectivity index (χ0v) is 10.5. The van der Waals surface area contributed by atoms with Gasteiger partial charge in [-0.15, -0.1) is 0 Å². The Labute approximate surface area is 106 Å². The minimum absolute atomic E-state index is 0.296. The van der Waals surface area contributed by atoms with Crippen LogP contribution in [0.15, 0.2) is 18.2 Å². The van der Waals surface area contributed by atoms with E-state index < -0.39 is 0 Å². The molecule has 16 heavy (non-hydrogen) atoms. The molecule has 4 heteroatoms. The van der Waals surface area contributed by atoms with E-state index in [1.807, 2.05) is 12.1 Å². The molecule has 0 unspecified atom stereocenters. The lowest BCUT2D eigenvalue weighted by molar-refractivity contribution is 0.203. The average molecular weight is 260 g/mol. The topological polar surface area (TPSA) is 23.5 Å². The minimum atomic E-state index is 0.296. The van der Waals surface area contributed by atoms with Crippen LogP contribution in [0.25, 0.3) is 0 Å². The number of nitrogens with zero attached hydrogens (tertiary/aromatic N) is 1. The van der Waals surface area contributed by atoms with Crippen LogP contribution in [-0.4, -0.2) is 24.8 Å².